The zero-order valence-electron chi connectivity index (χ0n) is 19.0. The highest BCUT2D eigenvalue weighted by Gasteiger charge is 2.18. The van der Waals surface area contributed by atoms with Crippen LogP contribution in [0.2, 0.25) is 0 Å². The van der Waals surface area contributed by atoms with Crippen molar-refractivity contribution in [3.05, 3.63) is 81.5 Å². The van der Waals surface area contributed by atoms with Crippen molar-refractivity contribution in [1.82, 2.24) is 4.68 Å². The number of benzene rings is 3. The van der Waals surface area contributed by atoms with Crippen LogP contribution in [0, 0.1) is 13.8 Å². The highest BCUT2D eigenvalue weighted by Crippen LogP contribution is 2.33. The van der Waals surface area contributed by atoms with E-state index in [9.17, 15) is 15.0 Å². The first kappa shape index (κ1) is 22.4. The van der Waals surface area contributed by atoms with Gasteiger partial charge in [0.25, 0.3) is 5.91 Å². The predicted molar refractivity (Wildman–Crippen MR) is 136 cm³/mol. The topological polar surface area (TPSA) is 108 Å². The molecule has 0 saturated heterocycles. The van der Waals surface area contributed by atoms with Crippen molar-refractivity contribution in [3.63, 3.8) is 0 Å². The lowest BCUT2D eigenvalue weighted by atomic mass is 10.1. The summed E-state index contributed by atoms with van der Waals surface area (Å²) < 4.78 is 7.16. The van der Waals surface area contributed by atoms with E-state index in [0.29, 0.717) is 21.8 Å². The Balaban J connectivity index is 1.65. The van der Waals surface area contributed by atoms with Crippen LogP contribution in [0.3, 0.4) is 0 Å². The Labute approximate surface area is 205 Å². The second-order valence-corrected chi connectivity index (χ2v) is 8.99. The third-order valence-electron chi connectivity index (χ3n) is 5.49. The molecule has 0 unspecified atom stereocenters. The summed E-state index contributed by atoms with van der Waals surface area (Å²) in [7, 11) is 0. The summed E-state index contributed by atoms with van der Waals surface area (Å²) in [6, 6.07) is 15.9. The van der Waals surface area contributed by atoms with Crippen molar-refractivity contribution in [2.24, 2.45) is 10.1 Å². The number of carbonyl (C=O) groups excluding carboxylic acids is 1. The largest absolute Gasteiger partial charge is 0.508 e. The van der Waals surface area contributed by atoms with Gasteiger partial charge in [0, 0.05) is 22.6 Å². The van der Waals surface area contributed by atoms with E-state index in [1.165, 1.54) is 29.7 Å². The minimum atomic E-state index is -0.209. The summed E-state index contributed by atoms with van der Waals surface area (Å²) in [6.07, 6.45) is 1.51. The van der Waals surface area contributed by atoms with Gasteiger partial charge in [-0.15, -0.1) is 11.3 Å². The van der Waals surface area contributed by atoms with Gasteiger partial charge in [-0.3, -0.25) is 4.79 Å². The molecule has 5 rings (SSSR count). The van der Waals surface area contributed by atoms with Crippen LogP contribution in [0.5, 0.6) is 17.2 Å². The van der Waals surface area contributed by atoms with Crippen molar-refractivity contribution in [2.45, 2.75) is 13.8 Å². The van der Waals surface area contributed by atoms with Crippen LogP contribution in [0.15, 0.2) is 70.1 Å². The van der Waals surface area contributed by atoms with Gasteiger partial charge >= 0.3 is 0 Å². The molecule has 0 saturated carbocycles. The molecule has 1 aliphatic heterocycles. The van der Waals surface area contributed by atoms with Gasteiger partial charge in [0.15, 0.2) is 6.61 Å². The van der Waals surface area contributed by atoms with Crippen LogP contribution < -0.4 is 14.9 Å². The molecule has 8 nitrogen and oxygen atoms in total. The molecule has 9 heteroatoms. The van der Waals surface area contributed by atoms with Gasteiger partial charge in [-0.25, -0.2) is 9.67 Å². The predicted octanol–water partition coefficient (Wildman–Crippen LogP) is 4.69. The highest BCUT2D eigenvalue weighted by atomic mass is 32.1. The van der Waals surface area contributed by atoms with Gasteiger partial charge < -0.3 is 20.3 Å². The van der Waals surface area contributed by atoms with E-state index in [0.717, 1.165) is 28.1 Å². The second kappa shape index (κ2) is 9.11. The van der Waals surface area contributed by atoms with E-state index >= 15 is 0 Å². The number of hydrogen-bond donors (Lipinski definition) is 3. The first-order valence-electron chi connectivity index (χ1n) is 10.8. The number of phenolic OH excluding ortho intramolecular Hbond substituents is 2. The molecule has 0 radical (unpaired) electrons. The number of aromatic nitrogens is 1. The number of aromatic hydroxyl groups is 2. The van der Waals surface area contributed by atoms with Crippen molar-refractivity contribution < 1.29 is 19.7 Å². The third kappa shape index (κ3) is 4.67. The Morgan fingerprint density at radius 1 is 1.09 bits per heavy atom. The third-order valence-corrected chi connectivity index (χ3v) is 6.30. The zero-order valence-corrected chi connectivity index (χ0v) is 19.8. The molecule has 0 bridgehead atoms. The van der Waals surface area contributed by atoms with E-state index in [4.69, 9.17) is 9.73 Å². The molecule has 2 heterocycles. The molecule has 1 aromatic heterocycles. The number of carbonyl (C=O) groups is 1. The van der Waals surface area contributed by atoms with E-state index in [-0.39, 0.29) is 24.0 Å². The molecule has 1 amide bonds. The number of rotatable bonds is 4. The fourth-order valence-electron chi connectivity index (χ4n) is 3.72. The molecule has 0 aliphatic carbocycles. The van der Waals surface area contributed by atoms with Gasteiger partial charge in [0.1, 0.15) is 17.2 Å². The molecule has 176 valence electrons. The van der Waals surface area contributed by atoms with E-state index in [1.807, 2.05) is 49.6 Å². The lowest BCUT2D eigenvalue weighted by Gasteiger charge is -2.18. The number of aryl methyl sites for hydroxylation is 2. The van der Waals surface area contributed by atoms with Gasteiger partial charge in [-0.1, -0.05) is 17.7 Å². The van der Waals surface area contributed by atoms with Crippen molar-refractivity contribution in [2.75, 3.05) is 11.9 Å². The van der Waals surface area contributed by atoms with Crippen LogP contribution in [-0.2, 0) is 4.79 Å². The number of amides is 1. The Bertz CT molecular complexity index is 1550. The number of nitrogens with zero attached hydrogens (tertiary/aromatic N) is 3. The molecule has 35 heavy (non-hydrogen) atoms. The average Bonchev–Trinajstić information content (AvgIpc) is 3.22. The SMILES string of the molecule is Cc1ccc(N=c2scc(-c3ccc4c(c3)NC(=O)CO4)n2N=Cc2ccc(O)cc2O)c(C)c1. The first-order chi connectivity index (χ1) is 16.9. The number of thiazole rings is 1. The molecule has 1 aliphatic rings. The average molecular weight is 487 g/mol. The molecule has 0 fully saturated rings. The van der Waals surface area contributed by atoms with Crippen molar-refractivity contribution in [3.8, 4) is 28.5 Å². The van der Waals surface area contributed by atoms with Gasteiger partial charge in [0.2, 0.25) is 4.80 Å². The van der Waals surface area contributed by atoms with Crippen molar-refractivity contribution in [1.29, 1.82) is 0 Å². The number of nitrogens with one attached hydrogen (secondary N) is 1. The molecule has 4 aromatic rings. The van der Waals surface area contributed by atoms with Gasteiger partial charge in [-0.05, 0) is 55.8 Å². The number of phenols is 2. The quantitative estimate of drug-likeness (QED) is 0.364. The molecular weight excluding hydrogens is 464 g/mol. The summed E-state index contributed by atoms with van der Waals surface area (Å²) in [6.45, 7) is 4.03. The number of ether oxygens (including phenoxy) is 1. The van der Waals surface area contributed by atoms with Crippen LogP contribution >= 0.6 is 11.3 Å². The first-order valence-corrected chi connectivity index (χ1v) is 11.7. The lowest BCUT2D eigenvalue weighted by molar-refractivity contribution is -0.118. The second-order valence-electron chi connectivity index (χ2n) is 8.15. The Morgan fingerprint density at radius 3 is 2.74 bits per heavy atom. The zero-order chi connectivity index (χ0) is 24.5. The lowest BCUT2D eigenvalue weighted by Crippen LogP contribution is -2.25. The fourth-order valence-corrected chi connectivity index (χ4v) is 4.57. The van der Waals surface area contributed by atoms with Crippen molar-refractivity contribution >= 4 is 34.8 Å². The van der Waals surface area contributed by atoms with Gasteiger partial charge in [0.05, 0.1) is 23.3 Å². The number of hydrogen-bond acceptors (Lipinski definition) is 7. The van der Waals surface area contributed by atoms with Gasteiger partial charge in [-0.2, -0.15) is 5.10 Å². The Hall–Kier alpha value is -4.37. The number of anilines is 1. The normalized spacial score (nSPS) is 13.5. The minimum Gasteiger partial charge on any atom is -0.508 e. The summed E-state index contributed by atoms with van der Waals surface area (Å²) in [5.74, 6) is 0.270. The van der Waals surface area contributed by atoms with E-state index in [1.54, 1.807) is 10.7 Å². The standard InChI is InChI=1S/C26H22N4O4S/c1-15-3-7-20(16(2)9-15)29-26-30(27-12-18-4-6-19(31)11-23(18)32)22(14-35-26)17-5-8-24-21(10-17)28-25(33)13-34-24/h3-12,14,31-32H,13H2,1-2H3,(H,28,33). The van der Waals surface area contributed by atoms with E-state index in [2.05, 4.69) is 16.5 Å². The fraction of sp³-hybridized carbons (Fsp3) is 0.115. The maximum atomic E-state index is 11.8. The molecule has 3 aromatic carbocycles. The Morgan fingerprint density at radius 2 is 1.94 bits per heavy atom. The molecule has 0 atom stereocenters. The highest BCUT2D eigenvalue weighted by molar-refractivity contribution is 7.07. The summed E-state index contributed by atoms with van der Waals surface area (Å²) in [5, 5.41) is 29.2. The van der Waals surface area contributed by atoms with Crippen LogP contribution in [-0.4, -0.2) is 33.6 Å². The van der Waals surface area contributed by atoms with E-state index < -0.39 is 0 Å². The van der Waals surface area contributed by atoms with Crippen LogP contribution in [0.1, 0.15) is 16.7 Å². The molecular formula is C26H22N4O4S. The number of fused-ring (bicyclic) bond motifs is 1. The summed E-state index contributed by atoms with van der Waals surface area (Å²) in [4.78, 5) is 17.3. The molecule has 0 spiro atoms. The van der Waals surface area contributed by atoms with Crippen LogP contribution in [0.4, 0.5) is 11.4 Å². The minimum absolute atomic E-state index is 0.00978. The maximum Gasteiger partial charge on any atom is 0.262 e. The van der Waals surface area contributed by atoms with Crippen LogP contribution in [0.25, 0.3) is 11.3 Å². The summed E-state index contributed by atoms with van der Waals surface area (Å²) in [5.41, 5.74) is 5.60. The smallest absolute Gasteiger partial charge is 0.262 e. The monoisotopic (exact) mass is 486 g/mol. The Kier molecular flexibility index (Phi) is 5.84. The maximum absolute atomic E-state index is 11.8. The summed E-state index contributed by atoms with van der Waals surface area (Å²) >= 11 is 1.42. The molecule has 3 N–H and O–H groups in total.